The molecule has 2 fully saturated rings. The van der Waals surface area contributed by atoms with E-state index < -0.39 is 15.6 Å². The quantitative estimate of drug-likeness (QED) is 0.873. The molecule has 0 bridgehead atoms. The number of hydrogen-bond donors (Lipinski definition) is 1. The SMILES string of the molecule is COc1ccc(S(=O)(=O)N2CCCC23CCCNC3=O)c2c1CCCC2. The van der Waals surface area contributed by atoms with Crippen LogP contribution in [-0.4, -0.2) is 44.4 Å². The highest BCUT2D eigenvalue weighted by atomic mass is 32.2. The van der Waals surface area contributed by atoms with Crippen LogP contribution in [0.3, 0.4) is 0 Å². The second-order valence-electron chi connectivity index (χ2n) is 7.50. The van der Waals surface area contributed by atoms with Crippen LogP contribution < -0.4 is 10.1 Å². The van der Waals surface area contributed by atoms with E-state index in [1.807, 2.05) is 0 Å². The molecule has 4 rings (SSSR count). The van der Waals surface area contributed by atoms with Gasteiger partial charge in [0.1, 0.15) is 11.3 Å². The molecule has 3 aliphatic rings. The molecule has 1 N–H and O–H groups in total. The van der Waals surface area contributed by atoms with Gasteiger partial charge in [-0.15, -0.1) is 0 Å². The van der Waals surface area contributed by atoms with Gasteiger partial charge in [0.05, 0.1) is 12.0 Å². The summed E-state index contributed by atoms with van der Waals surface area (Å²) in [5.41, 5.74) is 0.994. The van der Waals surface area contributed by atoms with Gasteiger partial charge in [-0.05, 0) is 74.6 Å². The van der Waals surface area contributed by atoms with E-state index >= 15 is 0 Å². The van der Waals surface area contributed by atoms with E-state index in [2.05, 4.69) is 5.32 Å². The van der Waals surface area contributed by atoms with Gasteiger partial charge in [0.2, 0.25) is 15.9 Å². The number of nitrogens with zero attached hydrogens (tertiary/aromatic N) is 1. The second-order valence-corrected chi connectivity index (χ2v) is 9.33. The first-order chi connectivity index (χ1) is 12.5. The molecule has 142 valence electrons. The lowest BCUT2D eigenvalue weighted by atomic mass is 9.88. The molecule has 0 aromatic heterocycles. The van der Waals surface area contributed by atoms with Crippen molar-refractivity contribution < 1.29 is 17.9 Å². The summed E-state index contributed by atoms with van der Waals surface area (Å²) >= 11 is 0. The van der Waals surface area contributed by atoms with Crippen molar-refractivity contribution in [3.05, 3.63) is 23.3 Å². The van der Waals surface area contributed by atoms with E-state index in [1.54, 1.807) is 19.2 Å². The van der Waals surface area contributed by atoms with Crippen LogP contribution in [0.1, 0.15) is 49.7 Å². The minimum atomic E-state index is -3.73. The zero-order valence-corrected chi connectivity index (χ0v) is 16.0. The van der Waals surface area contributed by atoms with Crippen molar-refractivity contribution in [2.24, 2.45) is 0 Å². The van der Waals surface area contributed by atoms with Crippen molar-refractivity contribution >= 4 is 15.9 Å². The molecular weight excluding hydrogens is 352 g/mol. The third-order valence-electron chi connectivity index (χ3n) is 6.14. The molecule has 6 nitrogen and oxygen atoms in total. The number of carbonyl (C=O) groups is 1. The summed E-state index contributed by atoms with van der Waals surface area (Å²) in [4.78, 5) is 13.0. The minimum absolute atomic E-state index is 0.132. The molecule has 7 heteroatoms. The van der Waals surface area contributed by atoms with Gasteiger partial charge in [-0.25, -0.2) is 8.42 Å². The number of piperidine rings is 1. The maximum absolute atomic E-state index is 13.6. The zero-order chi connectivity index (χ0) is 18.4. The summed E-state index contributed by atoms with van der Waals surface area (Å²) in [7, 11) is -2.10. The van der Waals surface area contributed by atoms with E-state index in [-0.39, 0.29) is 5.91 Å². The summed E-state index contributed by atoms with van der Waals surface area (Å²) in [6.07, 6.45) is 6.37. The van der Waals surface area contributed by atoms with Crippen molar-refractivity contribution in [3.63, 3.8) is 0 Å². The number of carbonyl (C=O) groups excluding carboxylic acids is 1. The summed E-state index contributed by atoms with van der Waals surface area (Å²) in [6.45, 7) is 1.04. The van der Waals surface area contributed by atoms with Crippen molar-refractivity contribution in [1.29, 1.82) is 0 Å². The molecule has 0 saturated carbocycles. The molecule has 1 amide bonds. The smallest absolute Gasteiger partial charge is 0.244 e. The number of amides is 1. The summed E-state index contributed by atoms with van der Waals surface area (Å²) in [5, 5.41) is 2.88. The van der Waals surface area contributed by atoms with Crippen LogP contribution in [-0.2, 0) is 27.7 Å². The highest BCUT2D eigenvalue weighted by Gasteiger charge is 2.53. The number of benzene rings is 1. The summed E-state index contributed by atoms with van der Waals surface area (Å²) in [6, 6.07) is 3.44. The Morgan fingerprint density at radius 2 is 1.81 bits per heavy atom. The fourth-order valence-corrected chi connectivity index (χ4v) is 7.00. The van der Waals surface area contributed by atoms with Crippen molar-refractivity contribution in [3.8, 4) is 5.75 Å². The normalized spacial score (nSPS) is 26.6. The Morgan fingerprint density at radius 1 is 1.08 bits per heavy atom. The topological polar surface area (TPSA) is 75.7 Å². The van der Waals surface area contributed by atoms with Gasteiger partial charge in [-0.2, -0.15) is 4.31 Å². The fraction of sp³-hybridized carbons (Fsp3) is 0.632. The molecule has 1 aliphatic carbocycles. The Hall–Kier alpha value is -1.60. The Morgan fingerprint density at radius 3 is 2.54 bits per heavy atom. The average Bonchev–Trinajstić information content (AvgIpc) is 3.08. The first-order valence-corrected chi connectivity index (χ1v) is 10.9. The van der Waals surface area contributed by atoms with E-state index in [4.69, 9.17) is 4.74 Å². The summed E-state index contributed by atoms with van der Waals surface area (Å²) < 4.78 is 34.2. The molecule has 0 radical (unpaired) electrons. The van der Waals surface area contributed by atoms with Crippen molar-refractivity contribution in [2.45, 2.75) is 61.8 Å². The molecule has 2 heterocycles. The second kappa shape index (κ2) is 6.53. The molecule has 1 spiro atoms. The van der Waals surface area contributed by atoms with Gasteiger partial charge in [-0.3, -0.25) is 4.79 Å². The molecule has 1 unspecified atom stereocenters. The number of ether oxygens (including phenoxy) is 1. The molecule has 1 atom stereocenters. The van der Waals surface area contributed by atoms with Crippen LogP contribution in [0.25, 0.3) is 0 Å². The molecule has 1 aromatic carbocycles. The van der Waals surface area contributed by atoms with Gasteiger partial charge in [0, 0.05) is 13.1 Å². The number of sulfonamides is 1. The van der Waals surface area contributed by atoms with Crippen LogP contribution in [0.5, 0.6) is 5.75 Å². The number of nitrogens with one attached hydrogen (secondary N) is 1. The standard InChI is InChI=1S/C19H26N2O4S/c1-25-16-8-9-17(15-7-3-2-6-14(15)16)26(23,24)21-13-5-11-19(21)10-4-12-20-18(19)22/h8-9H,2-7,10-13H2,1H3,(H,20,22). The third-order valence-corrected chi connectivity index (χ3v) is 8.19. The van der Waals surface area contributed by atoms with Gasteiger partial charge < -0.3 is 10.1 Å². The monoisotopic (exact) mass is 378 g/mol. The Bertz CT molecular complexity index is 836. The van der Waals surface area contributed by atoms with Crippen molar-refractivity contribution in [1.82, 2.24) is 9.62 Å². The van der Waals surface area contributed by atoms with Crippen LogP contribution in [0.4, 0.5) is 0 Å². The van der Waals surface area contributed by atoms with Crippen molar-refractivity contribution in [2.75, 3.05) is 20.2 Å². The van der Waals surface area contributed by atoms with E-state index in [0.29, 0.717) is 30.8 Å². The lowest BCUT2D eigenvalue weighted by Crippen LogP contribution is -2.60. The molecule has 2 aliphatic heterocycles. The van der Waals surface area contributed by atoms with Gasteiger partial charge >= 0.3 is 0 Å². The maximum Gasteiger partial charge on any atom is 0.244 e. The molecular formula is C19H26N2O4S. The number of fused-ring (bicyclic) bond motifs is 1. The predicted molar refractivity (Wildman–Crippen MR) is 97.7 cm³/mol. The lowest BCUT2D eigenvalue weighted by molar-refractivity contribution is -0.131. The largest absolute Gasteiger partial charge is 0.496 e. The van der Waals surface area contributed by atoms with E-state index in [9.17, 15) is 13.2 Å². The van der Waals surface area contributed by atoms with Crippen LogP contribution in [0.15, 0.2) is 17.0 Å². The highest BCUT2D eigenvalue weighted by Crippen LogP contribution is 2.42. The van der Waals surface area contributed by atoms with Crippen LogP contribution in [0, 0.1) is 0 Å². The molecule has 2 saturated heterocycles. The average molecular weight is 378 g/mol. The van der Waals surface area contributed by atoms with Crippen LogP contribution >= 0.6 is 0 Å². The minimum Gasteiger partial charge on any atom is -0.496 e. The number of rotatable bonds is 3. The zero-order valence-electron chi connectivity index (χ0n) is 15.2. The fourth-order valence-electron chi connectivity index (χ4n) is 4.89. The first kappa shape index (κ1) is 17.8. The predicted octanol–water partition coefficient (Wildman–Crippen LogP) is 2.01. The van der Waals surface area contributed by atoms with E-state index in [1.165, 1.54) is 4.31 Å². The summed E-state index contributed by atoms with van der Waals surface area (Å²) in [5.74, 6) is 0.636. The molecule has 1 aromatic rings. The molecule has 26 heavy (non-hydrogen) atoms. The Labute approximate surface area is 155 Å². The van der Waals surface area contributed by atoms with Gasteiger partial charge in [0.25, 0.3) is 0 Å². The van der Waals surface area contributed by atoms with E-state index in [0.717, 1.165) is 55.4 Å². The van der Waals surface area contributed by atoms with Crippen LogP contribution in [0.2, 0.25) is 0 Å². The number of methoxy groups -OCH3 is 1. The maximum atomic E-state index is 13.6. The van der Waals surface area contributed by atoms with Gasteiger partial charge in [0.15, 0.2) is 0 Å². The first-order valence-electron chi connectivity index (χ1n) is 9.50. The third kappa shape index (κ3) is 2.55. The lowest BCUT2D eigenvalue weighted by Gasteiger charge is -2.39. The van der Waals surface area contributed by atoms with Gasteiger partial charge in [-0.1, -0.05) is 0 Å². The Balaban J connectivity index is 1.81. The highest BCUT2D eigenvalue weighted by molar-refractivity contribution is 7.89. The Kier molecular flexibility index (Phi) is 4.47. The number of hydrogen-bond acceptors (Lipinski definition) is 4.